The summed E-state index contributed by atoms with van der Waals surface area (Å²) in [7, 11) is 1.45. The van der Waals surface area contributed by atoms with Crippen LogP contribution in [0.5, 0.6) is 17.2 Å². The minimum atomic E-state index is -0.556. The number of methoxy groups -OCH3 is 1. The Bertz CT molecular complexity index is 986. The van der Waals surface area contributed by atoms with E-state index < -0.39 is 5.91 Å². The molecule has 0 saturated heterocycles. The SMILES string of the molecule is C#CCOc1c(Cl)cc(/C=C(/C#N)C(=O)Nc2ccc(OCC)cc2)cc1OC. The van der Waals surface area contributed by atoms with E-state index in [9.17, 15) is 10.1 Å². The zero-order valence-corrected chi connectivity index (χ0v) is 16.7. The fraction of sp³-hybridized carbons (Fsp3) is 0.182. The Balaban J connectivity index is 2.24. The first-order valence-corrected chi connectivity index (χ1v) is 9.00. The second-order valence-electron chi connectivity index (χ2n) is 5.61. The van der Waals surface area contributed by atoms with Gasteiger partial charge in [0, 0.05) is 5.69 Å². The molecule has 1 amide bonds. The minimum Gasteiger partial charge on any atom is -0.494 e. The summed E-state index contributed by atoms with van der Waals surface area (Å²) in [4.78, 5) is 12.5. The Morgan fingerprint density at radius 3 is 2.59 bits per heavy atom. The van der Waals surface area contributed by atoms with E-state index in [0.29, 0.717) is 35.1 Å². The Labute approximate surface area is 174 Å². The Morgan fingerprint density at radius 2 is 2.00 bits per heavy atom. The number of nitriles is 1. The number of anilines is 1. The average Bonchev–Trinajstić information content (AvgIpc) is 2.72. The van der Waals surface area contributed by atoms with Crippen LogP contribution in [0.3, 0.4) is 0 Å². The van der Waals surface area contributed by atoms with Crippen molar-refractivity contribution in [3.63, 3.8) is 0 Å². The van der Waals surface area contributed by atoms with Crippen molar-refractivity contribution in [2.24, 2.45) is 0 Å². The maximum absolute atomic E-state index is 12.5. The van der Waals surface area contributed by atoms with Crippen LogP contribution in [0.4, 0.5) is 5.69 Å². The molecular weight excluding hydrogens is 392 g/mol. The normalized spacial score (nSPS) is 10.4. The summed E-state index contributed by atoms with van der Waals surface area (Å²) < 4.78 is 16.0. The van der Waals surface area contributed by atoms with Crippen molar-refractivity contribution < 1.29 is 19.0 Å². The Hall–Kier alpha value is -3.61. The van der Waals surface area contributed by atoms with Gasteiger partial charge in [-0.25, -0.2) is 0 Å². The summed E-state index contributed by atoms with van der Waals surface area (Å²) in [5, 5.41) is 12.3. The molecule has 2 aromatic carbocycles. The highest BCUT2D eigenvalue weighted by Gasteiger charge is 2.14. The molecule has 29 heavy (non-hydrogen) atoms. The highest BCUT2D eigenvalue weighted by atomic mass is 35.5. The Kier molecular flexibility index (Phi) is 7.97. The van der Waals surface area contributed by atoms with Gasteiger partial charge in [-0.2, -0.15) is 5.26 Å². The van der Waals surface area contributed by atoms with Gasteiger partial charge in [0.15, 0.2) is 11.5 Å². The smallest absolute Gasteiger partial charge is 0.266 e. The van der Waals surface area contributed by atoms with Gasteiger partial charge < -0.3 is 19.5 Å². The fourth-order valence-electron chi connectivity index (χ4n) is 2.39. The van der Waals surface area contributed by atoms with Gasteiger partial charge in [-0.1, -0.05) is 17.5 Å². The van der Waals surface area contributed by atoms with Crippen LogP contribution in [0.1, 0.15) is 12.5 Å². The number of carbonyl (C=O) groups is 1. The van der Waals surface area contributed by atoms with Gasteiger partial charge in [0.25, 0.3) is 5.91 Å². The zero-order chi connectivity index (χ0) is 21.2. The molecule has 0 aliphatic carbocycles. The number of nitrogens with zero attached hydrogens (tertiary/aromatic N) is 1. The molecule has 2 aromatic rings. The number of benzene rings is 2. The molecule has 0 atom stereocenters. The van der Waals surface area contributed by atoms with Crippen LogP contribution in [0.2, 0.25) is 5.02 Å². The first-order valence-electron chi connectivity index (χ1n) is 8.62. The molecule has 0 saturated carbocycles. The van der Waals surface area contributed by atoms with Crippen molar-refractivity contribution in [1.82, 2.24) is 0 Å². The van der Waals surface area contributed by atoms with E-state index in [1.54, 1.807) is 36.4 Å². The standard InChI is InChI=1S/C22H19ClN2O4/c1-4-10-29-21-19(23)12-15(13-20(21)27-3)11-16(14-24)22(26)25-17-6-8-18(9-7-17)28-5-2/h1,6-9,11-13H,5,10H2,2-3H3,(H,25,26)/b16-11-. The highest BCUT2D eigenvalue weighted by molar-refractivity contribution is 6.32. The molecule has 0 unspecified atom stereocenters. The molecule has 1 N–H and O–H groups in total. The van der Waals surface area contributed by atoms with E-state index in [4.69, 9.17) is 32.2 Å². The molecule has 0 fully saturated rings. The molecule has 0 radical (unpaired) electrons. The van der Waals surface area contributed by atoms with Crippen LogP contribution in [-0.4, -0.2) is 26.2 Å². The van der Waals surface area contributed by atoms with E-state index in [-0.39, 0.29) is 17.2 Å². The number of halogens is 1. The lowest BCUT2D eigenvalue weighted by molar-refractivity contribution is -0.112. The van der Waals surface area contributed by atoms with Crippen LogP contribution in [0.15, 0.2) is 42.0 Å². The van der Waals surface area contributed by atoms with Gasteiger partial charge in [0.1, 0.15) is 24.0 Å². The summed E-state index contributed by atoms with van der Waals surface area (Å²) in [6.45, 7) is 2.46. The van der Waals surface area contributed by atoms with Crippen molar-refractivity contribution in [1.29, 1.82) is 5.26 Å². The number of ether oxygens (including phenoxy) is 3. The predicted molar refractivity (Wildman–Crippen MR) is 112 cm³/mol. The van der Waals surface area contributed by atoms with Crippen LogP contribution in [0.25, 0.3) is 6.08 Å². The molecule has 0 aliphatic heterocycles. The maximum atomic E-state index is 12.5. The van der Waals surface area contributed by atoms with E-state index >= 15 is 0 Å². The first kappa shape index (κ1) is 21.7. The molecule has 0 aromatic heterocycles. The molecule has 148 valence electrons. The second-order valence-corrected chi connectivity index (χ2v) is 6.02. The minimum absolute atomic E-state index is 0.0270. The summed E-state index contributed by atoms with van der Waals surface area (Å²) in [5.41, 5.74) is 0.931. The average molecular weight is 411 g/mol. The molecule has 0 bridgehead atoms. The van der Waals surface area contributed by atoms with E-state index in [1.807, 2.05) is 13.0 Å². The van der Waals surface area contributed by atoms with Gasteiger partial charge >= 0.3 is 0 Å². The van der Waals surface area contributed by atoms with Crippen molar-refractivity contribution in [3.8, 4) is 35.7 Å². The maximum Gasteiger partial charge on any atom is 0.266 e. The first-order chi connectivity index (χ1) is 14.0. The molecule has 0 heterocycles. The molecule has 0 spiro atoms. The summed E-state index contributed by atoms with van der Waals surface area (Å²) in [6, 6.07) is 11.9. The van der Waals surface area contributed by atoms with Gasteiger partial charge in [-0.3, -0.25) is 4.79 Å². The number of rotatable bonds is 8. The number of hydrogen-bond donors (Lipinski definition) is 1. The van der Waals surface area contributed by atoms with Crippen molar-refractivity contribution in [2.45, 2.75) is 6.92 Å². The number of amides is 1. The second kappa shape index (κ2) is 10.7. The molecule has 2 rings (SSSR count). The number of nitrogens with one attached hydrogen (secondary N) is 1. The summed E-state index contributed by atoms with van der Waals surface area (Å²) in [6.07, 6.45) is 6.60. The quantitative estimate of drug-likeness (QED) is 0.398. The van der Waals surface area contributed by atoms with Gasteiger partial charge in [-0.05, 0) is 55.0 Å². The zero-order valence-electron chi connectivity index (χ0n) is 16.0. The largest absolute Gasteiger partial charge is 0.494 e. The Morgan fingerprint density at radius 1 is 1.28 bits per heavy atom. The molecule has 6 nitrogen and oxygen atoms in total. The third-order valence-corrected chi connectivity index (χ3v) is 3.93. The van der Waals surface area contributed by atoms with Gasteiger partial charge in [0.2, 0.25) is 0 Å². The van der Waals surface area contributed by atoms with Crippen LogP contribution < -0.4 is 19.5 Å². The topological polar surface area (TPSA) is 80.6 Å². The lowest BCUT2D eigenvalue weighted by atomic mass is 10.1. The summed E-state index contributed by atoms with van der Waals surface area (Å²) >= 11 is 6.23. The molecular formula is C22H19ClN2O4. The van der Waals surface area contributed by atoms with E-state index in [2.05, 4.69) is 11.2 Å². The fourth-order valence-corrected chi connectivity index (χ4v) is 2.67. The van der Waals surface area contributed by atoms with E-state index in [0.717, 1.165) is 0 Å². The van der Waals surface area contributed by atoms with E-state index in [1.165, 1.54) is 13.2 Å². The van der Waals surface area contributed by atoms with Crippen molar-refractivity contribution in [3.05, 3.63) is 52.6 Å². The lowest BCUT2D eigenvalue weighted by Gasteiger charge is -2.12. The third-order valence-electron chi connectivity index (χ3n) is 3.65. The van der Waals surface area contributed by atoms with Crippen LogP contribution in [-0.2, 0) is 4.79 Å². The number of carbonyl (C=O) groups excluding carboxylic acids is 1. The van der Waals surface area contributed by atoms with Gasteiger partial charge in [-0.15, -0.1) is 6.42 Å². The number of hydrogen-bond acceptors (Lipinski definition) is 5. The third kappa shape index (κ3) is 5.93. The van der Waals surface area contributed by atoms with Crippen LogP contribution >= 0.6 is 11.6 Å². The molecule has 0 aliphatic rings. The molecule has 7 heteroatoms. The predicted octanol–water partition coefficient (Wildman–Crippen LogP) is 4.30. The summed E-state index contributed by atoms with van der Waals surface area (Å²) in [5.74, 6) is 3.11. The number of terminal acetylenes is 1. The van der Waals surface area contributed by atoms with Gasteiger partial charge in [0.05, 0.1) is 18.7 Å². The monoisotopic (exact) mass is 410 g/mol. The lowest BCUT2D eigenvalue weighted by Crippen LogP contribution is -2.13. The highest BCUT2D eigenvalue weighted by Crippen LogP contribution is 2.37. The van der Waals surface area contributed by atoms with Crippen LogP contribution in [0, 0.1) is 23.7 Å². The van der Waals surface area contributed by atoms with Crippen molar-refractivity contribution >= 4 is 29.3 Å². The van der Waals surface area contributed by atoms with Crippen molar-refractivity contribution in [2.75, 3.05) is 25.6 Å².